The van der Waals surface area contributed by atoms with E-state index >= 15 is 0 Å². The van der Waals surface area contributed by atoms with E-state index in [-0.39, 0.29) is 12.1 Å². The van der Waals surface area contributed by atoms with Crippen molar-refractivity contribution in [3.8, 4) is 5.69 Å². The number of amides is 2. The molecule has 2 amide bonds. The number of carbonyl (C=O) groups excluding carboxylic acids is 1. The quantitative estimate of drug-likeness (QED) is 0.729. The van der Waals surface area contributed by atoms with E-state index in [4.69, 9.17) is 0 Å². The molecule has 1 unspecified atom stereocenters. The van der Waals surface area contributed by atoms with Gasteiger partial charge >= 0.3 is 6.03 Å². The second-order valence-corrected chi connectivity index (χ2v) is 5.93. The molecule has 6 nitrogen and oxygen atoms in total. The standard InChI is InChI=1S/C18H26N4O2/c1-4-16(23)9-10-19-18(24)20-12-15-7-5-6-8-17(15)22-14(3)11-13(2)21-22/h5-8,11,16,23H,4,9-10,12H2,1-3H3,(H2,19,20,24). The van der Waals surface area contributed by atoms with Crippen LogP contribution in [0.1, 0.15) is 36.7 Å². The molecule has 3 N–H and O–H groups in total. The number of aryl methyl sites for hydroxylation is 2. The van der Waals surface area contributed by atoms with E-state index in [1.807, 2.05) is 55.8 Å². The molecular formula is C18H26N4O2. The SMILES string of the molecule is CCC(O)CCNC(=O)NCc1ccccc1-n1nc(C)cc1C. The van der Waals surface area contributed by atoms with Crippen molar-refractivity contribution >= 4 is 6.03 Å². The average Bonchev–Trinajstić information content (AvgIpc) is 2.91. The van der Waals surface area contributed by atoms with Crippen molar-refractivity contribution in [3.05, 3.63) is 47.3 Å². The fourth-order valence-electron chi connectivity index (χ4n) is 2.53. The summed E-state index contributed by atoms with van der Waals surface area (Å²) < 4.78 is 1.89. The first-order valence-electron chi connectivity index (χ1n) is 8.32. The zero-order chi connectivity index (χ0) is 17.5. The van der Waals surface area contributed by atoms with E-state index in [0.717, 1.165) is 22.6 Å². The zero-order valence-corrected chi connectivity index (χ0v) is 14.5. The fourth-order valence-corrected chi connectivity index (χ4v) is 2.53. The van der Waals surface area contributed by atoms with Gasteiger partial charge in [-0.3, -0.25) is 0 Å². The van der Waals surface area contributed by atoms with Crippen molar-refractivity contribution in [2.75, 3.05) is 6.54 Å². The minimum Gasteiger partial charge on any atom is -0.393 e. The molecule has 1 aromatic heterocycles. The molecule has 0 fully saturated rings. The van der Waals surface area contributed by atoms with Crippen LogP contribution in [0.4, 0.5) is 4.79 Å². The Labute approximate surface area is 142 Å². The first-order chi connectivity index (χ1) is 11.5. The molecule has 0 radical (unpaired) electrons. The van der Waals surface area contributed by atoms with Crippen molar-refractivity contribution in [2.24, 2.45) is 0 Å². The van der Waals surface area contributed by atoms with Gasteiger partial charge in [0.2, 0.25) is 0 Å². The lowest BCUT2D eigenvalue weighted by atomic mass is 10.1. The maximum absolute atomic E-state index is 11.9. The van der Waals surface area contributed by atoms with Gasteiger partial charge in [0, 0.05) is 18.8 Å². The summed E-state index contributed by atoms with van der Waals surface area (Å²) in [6.07, 6.45) is 0.892. The largest absolute Gasteiger partial charge is 0.393 e. The minimum absolute atomic E-state index is 0.235. The zero-order valence-electron chi connectivity index (χ0n) is 14.5. The molecule has 130 valence electrons. The minimum atomic E-state index is -0.364. The van der Waals surface area contributed by atoms with Crippen LogP contribution in [0.25, 0.3) is 5.69 Å². The van der Waals surface area contributed by atoms with Crippen molar-refractivity contribution in [1.29, 1.82) is 0 Å². The number of benzene rings is 1. The van der Waals surface area contributed by atoms with Gasteiger partial charge in [-0.2, -0.15) is 5.10 Å². The van der Waals surface area contributed by atoms with Gasteiger partial charge in [0.1, 0.15) is 0 Å². The summed E-state index contributed by atoms with van der Waals surface area (Å²) in [4.78, 5) is 11.9. The van der Waals surface area contributed by atoms with Crippen LogP contribution in [0, 0.1) is 13.8 Å². The van der Waals surface area contributed by atoms with Gasteiger partial charge in [-0.25, -0.2) is 9.48 Å². The summed E-state index contributed by atoms with van der Waals surface area (Å²) in [5, 5.41) is 19.6. The second kappa shape index (κ2) is 8.49. The Morgan fingerprint density at radius 2 is 2.04 bits per heavy atom. The highest BCUT2D eigenvalue weighted by molar-refractivity contribution is 5.73. The number of carbonyl (C=O) groups is 1. The van der Waals surface area contributed by atoms with E-state index in [2.05, 4.69) is 15.7 Å². The highest BCUT2D eigenvalue weighted by Crippen LogP contribution is 2.16. The number of para-hydroxylation sites is 1. The van der Waals surface area contributed by atoms with Gasteiger partial charge in [-0.15, -0.1) is 0 Å². The Balaban J connectivity index is 1.96. The first kappa shape index (κ1) is 18.0. The summed E-state index contributed by atoms with van der Waals surface area (Å²) in [5.41, 5.74) is 3.97. The predicted octanol–water partition coefficient (Wildman–Crippen LogP) is 2.45. The van der Waals surface area contributed by atoms with Gasteiger partial charge in [0.05, 0.1) is 17.5 Å². The number of nitrogens with one attached hydrogen (secondary N) is 2. The van der Waals surface area contributed by atoms with Crippen molar-refractivity contribution < 1.29 is 9.90 Å². The van der Waals surface area contributed by atoms with Crippen LogP contribution < -0.4 is 10.6 Å². The average molecular weight is 330 g/mol. The third-order valence-corrected chi connectivity index (χ3v) is 3.90. The lowest BCUT2D eigenvalue weighted by Gasteiger charge is -2.13. The molecule has 0 saturated heterocycles. The van der Waals surface area contributed by atoms with Crippen molar-refractivity contribution in [3.63, 3.8) is 0 Å². The smallest absolute Gasteiger partial charge is 0.315 e. The highest BCUT2D eigenvalue weighted by atomic mass is 16.3. The third kappa shape index (κ3) is 4.83. The Bertz CT molecular complexity index is 681. The number of hydrogen-bond donors (Lipinski definition) is 3. The Morgan fingerprint density at radius 1 is 1.29 bits per heavy atom. The molecule has 24 heavy (non-hydrogen) atoms. The lowest BCUT2D eigenvalue weighted by Crippen LogP contribution is -2.36. The predicted molar refractivity (Wildman–Crippen MR) is 94.2 cm³/mol. The highest BCUT2D eigenvalue weighted by Gasteiger charge is 2.10. The summed E-state index contributed by atoms with van der Waals surface area (Å²) in [7, 11) is 0. The van der Waals surface area contributed by atoms with Crippen molar-refractivity contribution in [1.82, 2.24) is 20.4 Å². The molecule has 1 atom stereocenters. The molecule has 0 saturated carbocycles. The Hall–Kier alpha value is -2.34. The van der Waals surface area contributed by atoms with Gasteiger partial charge < -0.3 is 15.7 Å². The van der Waals surface area contributed by atoms with Crippen LogP contribution in [0.3, 0.4) is 0 Å². The number of nitrogens with zero attached hydrogens (tertiary/aromatic N) is 2. The third-order valence-electron chi connectivity index (χ3n) is 3.90. The van der Waals surface area contributed by atoms with Crippen LogP contribution in [0.15, 0.2) is 30.3 Å². The number of urea groups is 1. The van der Waals surface area contributed by atoms with Crippen LogP contribution in [-0.2, 0) is 6.54 Å². The maximum atomic E-state index is 11.9. The summed E-state index contributed by atoms with van der Waals surface area (Å²) in [6.45, 7) is 6.76. The molecule has 0 aliphatic rings. The van der Waals surface area contributed by atoms with Crippen LogP contribution in [-0.4, -0.2) is 33.6 Å². The summed E-state index contributed by atoms with van der Waals surface area (Å²) in [5.74, 6) is 0. The molecule has 6 heteroatoms. The molecule has 0 spiro atoms. The molecule has 2 rings (SSSR count). The van der Waals surface area contributed by atoms with Crippen molar-refractivity contribution in [2.45, 2.75) is 46.3 Å². The van der Waals surface area contributed by atoms with Crippen LogP contribution in [0.2, 0.25) is 0 Å². The molecule has 1 aromatic carbocycles. The Morgan fingerprint density at radius 3 is 2.71 bits per heavy atom. The topological polar surface area (TPSA) is 79.2 Å². The summed E-state index contributed by atoms with van der Waals surface area (Å²) in [6, 6.07) is 9.67. The molecule has 2 aromatic rings. The number of aliphatic hydroxyl groups is 1. The van der Waals surface area contributed by atoms with E-state index in [1.54, 1.807) is 0 Å². The molecule has 0 aliphatic carbocycles. The normalized spacial score (nSPS) is 12.0. The van der Waals surface area contributed by atoms with E-state index in [1.165, 1.54) is 0 Å². The lowest BCUT2D eigenvalue weighted by molar-refractivity contribution is 0.160. The van der Waals surface area contributed by atoms with Gasteiger partial charge in [-0.1, -0.05) is 25.1 Å². The van der Waals surface area contributed by atoms with E-state index in [9.17, 15) is 9.90 Å². The van der Waals surface area contributed by atoms with Crippen LogP contribution >= 0.6 is 0 Å². The molecular weight excluding hydrogens is 304 g/mol. The molecule has 0 bridgehead atoms. The molecule has 0 aliphatic heterocycles. The molecule has 1 heterocycles. The maximum Gasteiger partial charge on any atom is 0.315 e. The van der Waals surface area contributed by atoms with E-state index in [0.29, 0.717) is 25.9 Å². The summed E-state index contributed by atoms with van der Waals surface area (Å²) >= 11 is 0. The van der Waals surface area contributed by atoms with Gasteiger partial charge in [0.15, 0.2) is 0 Å². The van der Waals surface area contributed by atoms with Gasteiger partial charge in [0.25, 0.3) is 0 Å². The van der Waals surface area contributed by atoms with Crippen LogP contribution in [0.5, 0.6) is 0 Å². The second-order valence-electron chi connectivity index (χ2n) is 5.93. The first-order valence-corrected chi connectivity index (χ1v) is 8.32. The number of rotatable bonds is 7. The number of aliphatic hydroxyl groups excluding tert-OH is 1. The van der Waals surface area contributed by atoms with Gasteiger partial charge in [-0.05, 0) is 44.4 Å². The Kier molecular flexibility index (Phi) is 6.37. The van der Waals surface area contributed by atoms with E-state index < -0.39 is 0 Å². The fraction of sp³-hybridized carbons (Fsp3) is 0.444. The number of aromatic nitrogens is 2. The number of hydrogen-bond acceptors (Lipinski definition) is 3. The monoisotopic (exact) mass is 330 g/mol.